The summed E-state index contributed by atoms with van der Waals surface area (Å²) in [6.45, 7) is 4.27. The van der Waals surface area contributed by atoms with Gasteiger partial charge >= 0.3 is 0 Å². The van der Waals surface area contributed by atoms with Gasteiger partial charge in [-0.25, -0.2) is 4.98 Å². The van der Waals surface area contributed by atoms with Crippen LogP contribution in [0.3, 0.4) is 0 Å². The van der Waals surface area contributed by atoms with Crippen molar-refractivity contribution in [2.24, 2.45) is 0 Å². The van der Waals surface area contributed by atoms with Crippen molar-refractivity contribution < 1.29 is 30.6 Å². The summed E-state index contributed by atoms with van der Waals surface area (Å²) in [5.41, 5.74) is 9.28. The summed E-state index contributed by atoms with van der Waals surface area (Å²) < 4.78 is 6.01. The minimum atomic E-state index is 0. The molecule has 174 valence electrons. The maximum Gasteiger partial charge on any atom is 0.230 e. The Balaban J connectivity index is 0.00000253. The topological polar surface area (TPSA) is 59.2 Å². The molecule has 6 rings (SSSR count). The van der Waals surface area contributed by atoms with E-state index in [2.05, 4.69) is 43.1 Å². The van der Waals surface area contributed by atoms with Gasteiger partial charge in [0.25, 0.3) is 0 Å². The van der Waals surface area contributed by atoms with Gasteiger partial charge in [-0.2, -0.15) is 0 Å². The Morgan fingerprint density at radius 2 is 1.57 bits per heavy atom. The van der Waals surface area contributed by atoms with Gasteiger partial charge in [-0.3, -0.25) is 4.98 Å². The van der Waals surface area contributed by atoms with Crippen LogP contribution in [0.1, 0.15) is 11.1 Å². The Bertz CT molecular complexity index is 1700. The maximum absolute atomic E-state index is 10.3. The molecule has 0 saturated carbocycles. The van der Waals surface area contributed by atoms with Crippen LogP contribution in [0.25, 0.3) is 55.7 Å². The first-order valence-corrected chi connectivity index (χ1v) is 11.2. The Kier molecular flexibility index (Phi) is 6.00. The number of aryl methyl sites for hydroxylation is 1. The zero-order valence-corrected chi connectivity index (χ0v) is 21.4. The smallest absolute Gasteiger partial charge is 0.230 e. The van der Waals surface area contributed by atoms with Crippen LogP contribution >= 0.6 is 0 Å². The quantitative estimate of drug-likeness (QED) is 0.205. The Morgan fingerprint density at radius 3 is 2.43 bits per heavy atom. The third-order valence-electron chi connectivity index (χ3n) is 6.32. The van der Waals surface area contributed by atoms with Crippen molar-refractivity contribution in [3.05, 3.63) is 102 Å². The fourth-order valence-corrected chi connectivity index (χ4v) is 4.50. The van der Waals surface area contributed by atoms with Gasteiger partial charge in [-0.05, 0) is 43.5 Å². The fraction of sp³-hybridized carbons (Fsp3) is 0.0667. The predicted octanol–water partition coefficient (Wildman–Crippen LogP) is 7.50. The molecular weight excluding hydrogens is 615 g/mol. The average molecular weight is 637 g/mol. The minimum absolute atomic E-state index is 0. The van der Waals surface area contributed by atoms with Crippen LogP contribution in [0.15, 0.2) is 89.5 Å². The third-order valence-corrected chi connectivity index (χ3v) is 6.32. The number of hydrogen-bond acceptors (Lipinski definition) is 4. The number of fused-ring (bicyclic) bond motifs is 2. The van der Waals surface area contributed by atoms with Crippen LogP contribution in [0.5, 0.6) is 5.75 Å². The average Bonchev–Trinajstić information content (AvgIpc) is 3.29. The second kappa shape index (κ2) is 9.13. The van der Waals surface area contributed by atoms with Crippen LogP contribution in [0.4, 0.5) is 0 Å². The number of nitrogens with zero attached hydrogens (tertiary/aromatic N) is 2. The number of pyridine rings is 1. The molecule has 2 heterocycles. The molecule has 0 aliphatic carbocycles. The minimum Gasteiger partial charge on any atom is -0.507 e. The number of aromatic hydroxyl groups is 1. The van der Waals surface area contributed by atoms with E-state index < -0.39 is 0 Å². The summed E-state index contributed by atoms with van der Waals surface area (Å²) in [5.74, 6) is 0.528. The Hall–Kier alpha value is -3.75. The molecule has 0 bridgehead atoms. The van der Waals surface area contributed by atoms with Gasteiger partial charge in [-0.15, -0.1) is 35.4 Å². The van der Waals surface area contributed by atoms with E-state index >= 15 is 0 Å². The van der Waals surface area contributed by atoms with E-state index in [1.54, 1.807) is 18.2 Å². The maximum atomic E-state index is 10.3. The Labute approximate surface area is 217 Å². The van der Waals surface area contributed by atoms with E-state index in [-0.39, 0.29) is 26.8 Å². The molecule has 0 atom stereocenters. The fourth-order valence-electron chi connectivity index (χ4n) is 4.50. The largest absolute Gasteiger partial charge is 0.507 e. The van der Waals surface area contributed by atoms with Gasteiger partial charge < -0.3 is 9.52 Å². The van der Waals surface area contributed by atoms with Crippen molar-refractivity contribution in [3.63, 3.8) is 0 Å². The third kappa shape index (κ3) is 3.94. The van der Waals surface area contributed by atoms with Gasteiger partial charge in [0.15, 0.2) is 0 Å². The molecule has 6 aromatic rings. The number of aromatic nitrogens is 2. The molecule has 0 fully saturated rings. The van der Waals surface area contributed by atoms with Crippen LogP contribution in [0, 0.1) is 19.9 Å². The van der Waals surface area contributed by atoms with Gasteiger partial charge in [0, 0.05) is 32.8 Å². The molecule has 1 N–H and O–H groups in total. The standard InChI is InChI=1S/C30H21N2O2.Pt/c1-18-16-22-10-7-15-31-28(22)27(19(18)2)21-9-5-8-20(17-21)23-12-6-14-26-29(23)32-30(34-26)24-11-3-4-13-25(24)33;/h3-16,33H,1-2H3;/q-1;. The summed E-state index contributed by atoms with van der Waals surface area (Å²) in [5, 5.41) is 11.4. The van der Waals surface area contributed by atoms with E-state index in [1.165, 1.54) is 11.1 Å². The number of phenols is 1. The molecule has 0 radical (unpaired) electrons. The number of hydrogen-bond donors (Lipinski definition) is 1. The van der Waals surface area contributed by atoms with Gasteiger partial charge in [-0.1, -0.05) is 58.7 Å². The van der Waals surface area contributed by atoms with E-state index in [9.17, 15) is 5.11 Å². The molecule has 5 heteroatoms. The number of rotatable bonds is 3. The summed E-state index contributed by atoms with van der Waals surface area (Å²) in [6.07, 6.45) is 1.83. The summed E-state index contributed by atoms with van der Waals surface area (Å²) in [7, 11) is 0. The van der Waals surface area contributed by atoms with E-state index in [1.807, 2.05) is 48.7 Å². The van der Waals surface area contributed by atoms with Crippen molar-refractivity contribution in [3.8, 4) is 39.5 Å². The van der Waals surface area contributed by atoms with Gasteiger partial charge in [0.2, 0.25) is 5.89 Å². The number of benzene rings is 4. The summed E-state index contributed by atoms with van der Waals surface area (Å²) in [6, 6.07) is 28.9. The molecule has 0 amide bonds. The van der Waals surface area contributed by atoms with Crippen molar-refractivity contribution >= 4 is 22.0 Å². The number of para-hydroxylation sites is 2. The molecule has 2 aromatic heterocycles. The van der Waals surface area contributed by atoms with Crippen LogP contribution in [-0.2, 0) is 21.1 Å². The van der Waals surface area contributed by atoms with Crippen molar-refractivity contribution in [2.75, 3.05) is 0 Å². The first kappa shape index (κ1) is 23.0. The monoisotopic (exact) mass is 636 g/mol. The first-order valence-electron chi connectivity index (χ1n) is 11.2. The summed E-state index contributed by atoms with van der Waals surface area (Å²) >= 11 is 0. The summed E-state index contributed by atoms with van der Waals surface area (Å²) in [4.78, 5) is 9.43. The normalized spacial score (nSPS) is 11.0. The second-order valence-electron chi connectivity index (χ2n) is 8.44. The number of phenolic OH excluding ortho intramolecular Hbond substituents is 1. The molecule has 35 heavy (non-hydrogen) atoms. The second-order valence-corrected chi connectivity index (χ2v) is 8.44. The van der Waals surface area contributed by atoms with Crippen molar-refractivity contribution in [2.45, 2.75) is 13.8 Å². The van der Waals surface area contributed by atoms with Crippen LogP contribution < -0.4 is 0 Å². The molecule has 0 aliphatic rings. The van der Waals surface area contributed by atoms with Gasteiger partial charge in [0.1, 0.15) is 11.3 Å². The SMILES string of the molecule is Cc1cc2cccnc2c(-c2[c-]c(-c3cccc4oc(-c5ccccc5O)nc34)ccc2)c1C.[Pt]. The van der Waals surface area contributed by atoms with Crippen LogP contribution in [0.2, 0.25) is 0 Å². The zero-order chi connectivity index (χ0) is 23.2. The molecule has 4 nitrogen and oxygen atoms in total. The molecular formula is C30H21N2O2Pt-. The van der Waals surface area contributed by atoms with Gasteiger partial charge in [0.05, 0.1) is 11.1 Å². The predicted molar refractivity (Wildman–Crippen MR) is 136 cm³/mol. The molecule has 4 aromatic carbocycles. The molecule has 0 saturated heterocycles. The Morgan fingerprint density at radius 1 is 0.800 bits per heavy atom. The van der Waals surface area contributed by atoms with E-state index in [0.29, 0.717) is 17.0 Å². The van der Waals surface area contributed by atoms with Crippen LogP contribution in [-0.4, -0.2) is 15.1 Å². The molecule has 0 unspecified atom stereocenters. The van der Waals surface area contributed by atoms with E-state index in [4.69, 9.17) is 9.40 Å². The molecule has 0 spiro atoms. The zero-order valence-electron chi connectivity index (χ0n) is 19.1. The first-order chi connectivity index (χ1) is 16.6. The van der Waals surface area contributed by atoms with Crippen molar-refractivity contribution in [1.29, 1.82) is 0 Å². The van der Waals surface area contributed by atoms with E-state index in [0.717, 1.165) is 38.7 Å². The molecule has 0 aliphatic heterocycles. The number of oxazole rings is 1. The van der Waals surface area contributed by atoms with Crippen molar-refractivity contribution in [1.82, 2.24) is 9.97 Å².